The number of hydrogen-bond acceptors (Lipinski definition) is 2. The van der Waals surface area contributed by atoms with Gasteiger partial charge in [0.1, 0.15) is 11.6 Å². The van der Waals surface area contributed by atoms with E-state index < -0.39 is 11.6 Å². The number of thioether (sulfide) groups is 1. The minimum atomic E-state index is -0.657. The molecule has 1 atom stereocenters. The maximum atomic E-state index is 13.8. The molecule has 3 rings (SSSR count). The molecular formula is C20H21F2NOS. The van der Waals surface area contributed by atoms with Gasteiger partial charge in [0.2, 0.25) is 5.91 Å². The molecule has 132 valence electrons. The molecule has 1 amide bonds. The molecule has 0 bridgehead atoms. The van der Waals surface area contributed by atoms with E-state index in [1.807, 2.05) is 23.9 Å². The number of nitrogens with zero attached hydrogens (tertiary/aromatic N) is 1. The van der Waals surface area contributed by atoms with Gasteiger partial charge < -0.3 is 4.90 Å². The van der Waals surface area contributed by atoms with E-state index in [-0.39, 0.29) is 17.9 Å². The van der Waals surface area contributed by atoms with Crippen LogP contribution >= 0.6 is 11.8 Å². The van der Waals surface area contributed by atoms with Crippen molar-refractivity contribution in [3.8, 4) is 0 Å². The van der Waals surface area contributed by atoms with Crippen LogP contribution < -0.4 is 0 Å². The van der Waals surface area contributed by atoms with Crippen molar-refractivity contribution in [2.45, 2.75) is 25.0 Å². The first-order chi connectivity index (χ1) is 12.0. The number of halogens is 2. The van der Waals surface area contributed by atoms with Crippen LogP contribution in [0.2, 0.25) is 0 Å². The van der Waals surface area contributed by atoms with Gasteiger partial charge in [0.25, 0.3) is 0 Å². The third-order valence-corrected chi connectivity index (χ3v) is 5.90. The Bertz CT molecular complexity index is 765. The summed E-state index contributed by atoms with van der Waals surface area (Å²) in [5, 5.41) is 0.376. The van der Waals surface area contributed by atoms with E-state index in [9.17, 15) is 13.6 Å². The van der Waals surface area contributed by atoms with Crippen LogP contribution in [0, 0.1) is 18.6 Å². The minimum absolute atomic E-state index is 0.0220. The molecule has 1 aliphatic rings. The molecule has 1 fully saturated rings. The van der Waals surface area contributed by atoms with Crippen molar-refractivity contribution in [1.82, 2.24) is 4.90 Å². The zero-order chi connectivity index (χ0) is 17.8. The summed E-state index contributed by atoms with van der Waals surface area (Å²) in [6, 6.07) is 11.7. The molecule has 5 heteroatoms. The summed E-state index contributed by atoms with van der Waals surface area (Å²) >= 11 is 1.87. The molecule has 1 heterocycles. The average Bonchev–Trinajstić information content (AvgIpc) is 2.84. The van der Waals surface area contributed by atoms with Crippen LogP contribution in [0.25, 0.3) is 0 Å². The van der Waals surface area contributed by atoms with Crippen LogP contribution in [-0.4, -0.2) is 29.6 Å². The van der Waals surface area contributed by atoms with Crippen LogP contribution in [0.1, 0.15) is 28.4 Å². The lowest BCUT2D eigenvalue weighted by atomic mass is 10.0. The predicted molar refractivity (Wildman–Crippen MR) is 97.6 cm³/mol. The van der Waals surface area contributed by atoms with Crippen molar-refractivity contribution in [3.05, 3.63) is 70.8 Å². The van der Waals surface area contributed by atoms with Gasteiger partial charge in [-0.15, -0.1) is 0 Å². The number of carbonyl (C=O) groups is 1. The fraction of sp³-hybridized carbons (Fsp3) is 0.350. The van der Waals surface area contributed by atoms with Gasteiger partial charge >= 0.3 is 0 Å². The number of amides is 1. The monoisotopic (exact) mass is 361 g/mol. The summed E-state index contributed by atoms with van der Waals surface area (Å²) in [5.74, 6) is -0.524. The SMILES string of the molecule is Cc1ccccc1C1CCN(C(=O)Cc2ccc(F)cc2F)CCS1. The molecule has 2 nitrogen and oxygen atoms in total. The molecule has 0 spiro atoms. The Morgan fingerprint density at radius 2 is 2.00 bits per heavy atom. The molecule has 0 radical (unpaired) electrons. The van der Waals surface area contributed by atoms with Gasteiger partial charge in [-0.25, -0.2) is 8.78 Å². The maximum absolute atomic E-state index is 13.8. The highest BCUT2D eigenvalue weighted by atomic mass is 32.2. The molecular weight excluding hydrogens is 340 g/mol. The van der Waals surface area contributed by atoms with Crippen molar-refractivity contribution in [2.24, 2.45) is 0 Å². The molecule has 0 N–H and O–H groups in total. The van der Waals surface area contributed by atoms with Gasteiger partial charge in [-0.1, -0.05) is 30.3 Å². The zero-order valence-corrected chi connectivity index (χ0v) is 15.0. The Hall–Kier alpha value is -1.88. The first-order valence-corrected chi connectivity index (χ1v) is 9.48. The number of carbonyl (C=O) groups excluding carboxylic acids is 1. The van der Waals surface area contributed by atoms with E-state index in [1.165, 1.54) is 23.3 Å². The number of benzene rings is 2. The van der Waals surface area contributed by atoms with Gasteiger partial charge in [-0.05, 0) is 36.1 Å². The molecule has 0 aliphatic carbocycles. The fourth-order valence-electron chi connectivity index (χ4n) is 3.16. The van der Waals surface area contributed by atoms with Crippen LogP contribution in [0.5, 0.6) is 0 Å². The summed E-state index contributed by atoms with van der Waals surface area (Å²) in [6.45, 7) is 3.43. The largest absolute Gasteiger partial charge is 0.342 e. The Morgan fingerprint density at radius 3 is 2.76 bits per heavy atom. The van der Waals surface area contributed by atoms with E-state index in [0.29, 0.717) is 18.3 Å². The van der Waals surface area contributed by atoms with E-state index in [0.717, 1.165) is 18.2 Å². The molecule has 2 aromatic rings. The molecule has 1 unspecified atom stereocenters. The average molecular weight is 361 g/mol. The van der Waals surface area contributed by atoms with Gasteiger partial charge in [0.15, 0.2) is 0 Å². The van der Waals surface area contributed by atoms with Crippen LogP contribution in [0.4, 0.5) is 8.78 Å². The Kier molecular flexibility index (Phi) is 5.74. The molecule has 1 aliphatic heterocycles. The third kappa shape index (κ3) is 4.40. The lowest BCUT2D eigenvalue weighted by Crippen LogP contribution is -2.34. The summed E-state index contributed by atoms with van der Waals surface area (Å²) in [5.41, 5.74) is 2.85. The molecule has 25 heavy (non-hydrogen) atoms. The van der Waals surface area contributed by atoms with E-state index in [2.05, 4.69) is 19.1 Å². The second-order valence-electron chi connectivity index (χ2n) is 6.30. The summed E-state index contributed by atoms with van der Waals surface area (Å²) in [4.78, 5) is 14.3. The lowest BCUT2D eigenvalue weighted by Gasteiger charge is -2.21. The van der Waals surface area contributed by atoms with Crippen LogP contribution in [0.3, 0.4) is 0 Å². The molecule has 0 saturated carbocycles. The van der Waals surface area contributed by atoms with Crippen molar-refractivity contribution >= 4 is 17.7 Å². The van der Waals surface area contributed by atoms with Gasteiger partial charge in [0.05, 0.1) is 6.42 Å². The first kappa shape index (κ1) is 17.9. The Balaban J connectivity index is 1.64. The fourth-order valence-corrected chi connectivity index (χ4v) is 4.48. The first-order valence-electron chi connectivity index (χ1n) is 8.43. The maximum Gasteiger partial charge on any atom is 0.227 e. The standard InChI is InChI=1S/C20H21F2NOS/c1-14-4-2-3-5-17(14)19-8-9-23(10-11-25-19)20(24)12-15-6-7-16(21)13-18(15)22/h2-7,13,19H,8-12H2,1H3. The number of aryl methyl sites for hydroxylation is 1. The minimum Gasteiger partial charge on any atom is -0.342 e. The third-order valence-electron chi connectivity index (χ3n) is 4.59. The van der Waals surface area contributed by atoms with Crippen molar-refractivity contribution < 1.29 is 13.6 Å². The highest BCUT2D eigenvalue weighted by molar-refractivity contribution is 7.99. The number of rotatable bonds is 3. The molecule has 0 aromatic heterocycles. The Morgan fingerprint density at radius 1 is 1.20 bits per heavy atom. The molecule has 1 saturated heterocycles. The summed E-state index contributed by atoms with van der Waals surface area (Å²) in [6.07, 6.45) is 0.860. The van der Waals surface area contributed by atoms with Gasteiger partial charge in [-0.3, -0.25) is 4.79 Å². The van der Waals surface area contributed by atoms with E-state index in [1.54, 1.807) is 4.90 Å². The second-order valence-corrected chi connectivity index (χ2v) is 7.61. The van der Waals surface area contributed by atoms with Crippen LogP contribution in [0.15, 0.2) is 42.5 Å². The van der Waals surface area contributed by atoms with E-state index in [4.69, 9.17) is 0 Å². The van der Waals surface area contributed by atoms with Gasteiger partial charge in [0, 0.05) is 30.2 Å². The van der Waals surface area contributed by atoms with Crippen molar-refractivity contribution in [3.63, 3.8) is 0 Å². The second kappa shape index (κ2) is 8.00. The van der Waals surface area contributed by atoms with Crippen LogP contribution in [-0.2, 0) is 11.2 Å². The normalized spacial score (nSPS) is 18.0. The van der Waals surface area contributed by atoms with E-state index >= 15 is 0 Å². The quantitative estimate of drug-likeness (QED) is 0.801. The topological polar surface area (TPSA) is 20.3 Å². The van der Waals surface area contributed by atoms with Crippen molar-refractivity contribution in [2.75, 3.05) is 18.8 Å². The summed E-state index contributed by atoms with van der Waals surface area (Å²) < 4.78 is 26.8. The number of hydrogen-bond donors (Lipinski definition) is 0. The zero-order valence-electron chi connectivity index (χ0n) is 14.2. The predicted octanol–water partition coefficient (Wildman–Crippen LogP) is 4.52. The van der Waals surface area contributed by atoms with Gasteiger partial charge in [-0.2, -0.15) is 11.8 Å². The summed E-state index contributed by atoms with van der Waals surface area (Å²) in [7, 11) is 0. The Labute approximate surface area is 151 Å². The molecule has 2 aromatic carbocycles. The van der Waals surface area contributed by atoms with Crippen molar-refractivity contribution in [1.29, 1.82) is 0 Å². The highest BCUT2D eigenvalue weighted by Gasteiger charge is 2.23. The highest BCUT2D eigenvalue weighted by Crippen LogP contribution is 2.36. The lowest BCUT2D eigenvalue weighted by molar-refractivity contribution is -0.130. The smallest absolute Gasteiger partial charge is 0.227 e.